The van der Waals surface area contributed by atoms with Crippen LogP contribution in [0.25, 0.3) is 0 Å². The first kappa shape index (κ1) is 12.2. The van der Waals surface area contributed by atoms with E-state index in [9.17, 15) is 0 Å². The zero-order valence-electron chi connectivity index (χ0n) is 10.6. The number of benzene rings is 1. The number of nitrogen functional groups attached to an aromatic ring is 1. The molecule has 0 unspecified atom stereocenters. The van der Waals surface area contributed by atoms with E-state index in [1.54, 1.807) is 11.3 Å². The van der Waals surface area contributed by atoms with Gasteiger partial charge in [0.15, 0.2) is 0 Å². The van der Waals surface area contributed by atoms with Gasteiger partial charge in [0.2, 0.25) is 0 Å². The van der Waals surface area contributed by atoms with E-state index in [0.717, 1.165) is 18.0 Å². The van der Waals surface area contributed by atoms with Gasteiger partial charge in [-0.3, -0.25) is 5.73 Å². The van der Waals surface area contributed by atoms with E-state index in [1.807, 2.05) is 12.1 Å². The van der Waals surface area contributed by atoms with Gasteiger partial charge in [-0.2, -0.15) is 5.26 Å². The van der Waals surface area contributed by atoms with Gasteiger partial charge in [-0.25, -0.2) is 4.98 Å². The van der Waals surface area contributed by atoms with Gasteiger partial charge in [-0.15, -0.1) is 0 Å². The monoisotopic (exact) mass is 270 g/mol. The Balaban J connectivity index is 2.07. The van der Waals surface area contributed by atoms with Gasteiger partial charge >= 0.3 is 5.13 Å². The maximum atomic E-state index is 8.91. The van der Waals surface area contributed by atoms with Gasteiger partial charge in [-0.05, 0) is 30.5 Å². The second kappa shape index (κ2) is 4.67. The lowest BCUT2D eigenvalue weighted by molar-refractivity contribution is -0.373. The van der Waals surface area contributed by atoms with Crippen LogP contribution in [0.4, 0.5) is 5.13 Å². The summed E-state index contributed by atoms with van der Waals surface area (Å²) < 4.78 is 0. The molecule has 1 heterocycles. The fourth-order valence-corrected chi connectivity index (χ4v) is 3.80. The molecule has 1 aliphatic rings. The van der Waals surface area contributed by atoms with Crippen molar-refractivity contribution in [3.63, 3.8) is 0 Å². The predicted octanol–water partition coefficient (Wildman–Crippen LogP) is 2.88. The number of nitrogens with one attached hydrogen (secondary N) is 1. The summed E-state index contributed by atoms with van der Waals surface area (Å²) in [6, 6.07) is 10.2. The molecule has 3 N–H and O–H groups in total. The predicted molar refractivity (Wildman–Crippen MR) is 75.7 cm³/mol. The lowest BCUT2D eigenvalue weighted by atomic mass is 9.76. The van der Waals surface area contributed by atoms with Gasteiger partial charge in [0.25, 0.3) is 0 Å². The third-order valence-electron chi connectivity index (χ3n) is 4.10. The summed E-state index contributed by atoms with van der Waals surface area (Å²) in [7, 11) is 0. The molecular formula is C15H16N3S+. The zero-order chi connectivity index (χ0) is 13.3. The Morgan fingerprint density at radius 1 is 1.21 bits per heavy atom. The van der Waals surface area contributed by atoms with Crippen molar-refractivity contribution in [2.45, 2.75) is 31.1 Å². The Morgan fingerprint density at radius 3 is 2.42 bits per heavy atom. The van der Waals surface area contributed by atoms with Gasteiger partial charge < -0.3 is 0 Å². The number of nitrogens with two attached hydrogens (primary N) is 1. The fraction of sp³-hybridized carbons (Fsp3) is 0.333. The van der Waals surface area contributed by atoms with Crippen LogP contribution in [-0.4, -0.2) is 0 Å². The summed E-state index contributed by atoms with van der Waals surface area (Å²) in [5.41, 5.74) is 9.13. The van der Waals surface area contributed by atoms with Crippen LogP contribution in [0.1, 0.15) is 42.5 Å². The summed E-state index contributed by atoms with van der Waals surface area (Å²) in [5, 5.41) is 11.8. The van der Waals surface area contributed by atoms with Crippen molar-refractivity contribution in [1.29, 1.82) is 5.26 Å². The average Bonchev–Trinajstić information content (AvgIpc) is 3.08. The second-order valence-electron chi connectivity index (χ2n) is 5.12. The normalized spacial score (nSPS) is 17.2. The smallest absolute Gasteiger partial charge is 0.278 e. The molecule has 0 aliphatic heterocycles. The highest BCUT2D eigenvalue weighted by atomic mass is 32.1. The summed E-state index contributed by atoms with van der Waals surface area (Å²) in [4.78, 5) is 3.32. The Labute approximate surface area is 116 Å². The van der Waals surface area contributed by atoms with E-state index in [2.05, 4.69) is 28.6 Å². The van der Waals surface area contributed by atoms with Crippen molar-refractivity contribution in [1.82, 2.24) is 0 Å². The number of nitrogens with zero attached hydrogens (tertiary/aromatic N) is 1. The summed E-state index contributed by atoms with van der Waals surface area (Å²) in [5.74, 6) is 0. The van der Waals surface area contributed by atoms with Crippen LogP contribution in [0.5, 0.6) is 0 Å². The molecule has 0 amide bonds. The van der Waals surface area contributed by atoms with Gasteiger partial charge in [0, 0.05) is 5.38 Å². The van der Waals surface area contributed by atoms with E-state index >= 15 is 0 Å². The maximum absolute atomic E-state index is 8.91. The number of anilines is 1. The Bertz CT molecular complexity index is 616. The summed E-state index contributed by atoms with van der Waals surface area (Å²) >= 11 is 1.56. The first-order chi connectivity index (χ1) is 9.24. The first-order valence-electron chi connectivity index (χ1n) is 6.52. The largest absolute Gasteiger partial charge is 0.329 e. The van der Waals surface area contributed by atoms with Crippen molar-refractivity contribution < 1.29 is 4.98 Å². The van der Waals surface area contributed by atoms with Crippen molar-refractivity contribution in [2.24, 2.45) is 0 Å². The van der Waals surface area contributed by atoms with E-state index < -0.39 is 0 Å². The molecule has 1 aromatic carbocycles. The number of rotatable bonds is 2. The van der Waals surface area contributed by atoms with Crippen LogP contribution in [-0.2, 0) is 5.41 Å². The number of aromatic amines is 1. The zero-order valence-corrected chi connectivity index (χ0v) is 11.5. The van der Waals surface area contributed by atoms with Crippen LogP contribution in [0.3, 0.4) is 0 Å². The Hall–Kier alpha value is -1.86. The van der Waals surface area contributed by atoms with E-state index in [0.29, 0.717) is 5.56 Å². The minimum absolute atomic E-state index is 0.0576. The van der Waals surface area contributed by atoms with E-state index in [1.165, 1.54) is 24.1 Å². The van der Waals surface area contributed by atoms with Gasteiger partial charge in [0.1, 0.15) is 5.69 Å². The SMILES string of the molecule is N#Cc1ccc(C2(c3csc(N)[nH+]3)CCCC2)cc1. The number of nitriles is 1. The van der Waals surface area contributed by atoms with Crippen LogP contribution in [0.2, 0.25) is 0 Å². The minimum Gasteiger partial charge on any atom is -0.278 e. The van der Waals surface area contributed by atoms with E-state index in [-0.39, 0.29) is 5.41 Å². The molecule has 0 bridgehead atoms. The molecule has 3 nitrogen and oxygen atoms in total. The average molecular weight is 270 g/mol. The van der Waals surface area contributed by atoms with Crippen LogP contribution in [0, 0.1) is 11.3 Å². The summed E-state index contributed by atoms with van der Waals surface area (Å²) in [6.45, 7) is 0. The molecule has 1 aliphatic carbocycles. The van der Waals surface area contributed by atoms with Gasteiger partial charge in [-0.1, -0.05) is 36.3 Å². The van der Waals surface area contributed by atoms with Crippen molar-refractivity contribution in [3.05, 3.63) is 46.5 Å². The molecular weight excluding hydrogens is 254 g/mol. The highest BCUT2D eigenvalue weighted by molar-refractivity contribution is 7.13. The van der Waals surface area contributed by atoms with Crippen LogP contribution < -0.4 is 10.7 Å². The molecule has 0 spiro atoms. The first-order valence-corrected chi connectivity index (χ1v) is 7.40. The molecule has 0 radical (unpaired) electrons. The van der Waals surface area contributed by atoms with E-state index in [4.69, 9.17) is 11.0 Å². The Kier molecular flexibility index (Phi) is 3.00. The van der Waals surface area contributed by atoms with Crippen molar-refractivity contribution in [3.8, 4) is 6.07 Å². The molecule has 1 fully saturated rings. The molecule has 3 rings (SSSR count). The Morgan fingerprint density at radius 2 is 1.89 bits per heavy atom. The fourth-order valence-electron chi connectivity index (χ4n) is 3.10. The van der Waals surface area contributed by atoms with Gasteiger partial charge in [0.05, 0.1) is 17.0 Å². The number of thiazole rings is 1. The molecule has 0 saturated heterocycles. The standard InChI is InChI=1S/C15H15N3S/c16-9-11-3-5-12(6-4-11)15(7-1-2-8-15)13-10-19-14(17)18-13/h3-6,10H,1-2,7-8H2,(H2,17,18)/p+1. The molecule has 1 aromatic heterocycles. The third kappa shape index (κ3) is 2.00. The lowest BCUT2D eigenvalue weighted by Crippen LogP contribution is -2.30. The lowest BCUT2D eigenvalue weighted by Gasteiger charge is -2.26. The van der Waals surface area contributed by atoms with Crippen molar-refractivity contribution in [2.75, 3.05) is 5.73 Å². The molecule has 19 heavy (non-hydrogen) atoms. The summed E-state index contributed by atoms with van der Waals surface area (Å²) in [6.07, 6.45) is 4.77. The quantitative estimate of drug-likeness (QED) is 0.912. The third-order valence-corrected chi connectivity index (χ3v) is 4.81. The molecule has 0 atom stereocenters. The van der Waals surface area contributed by atoms with Crippen LogP contribution >= 0.6 is 11.3 Å². The highest BCUT2D eigenvalue weighted by Crippen LogP contribution is 2.45. The number of aromatic nitrogens is 1. The minimum atomic E-state index is 0.0576. The molecule has 96 valence electrons. The maximum Gasteiger partial charge on any atom is 0.329 e. The van der Waals surface area contributed by atoms with Crippen molar-refractivity contribution >= 4 is 16.5 Å². The number of hydrogen-bond donors (Lipinski definition) is 1. The number of hydrogen-bond acceptors (Lipinski definition) is 3. The highest BCUT2D eigenvalue weighted by Gasteiger charge is 2.40. The second-order valence-corrected chi connectivity index (χ2v) is 6.03. The molecule has 1 saturated carbocycles. The van der Waals surface area contributed by atoms with Crippen LogP contribution in [0.15, 0.2) is 29.6 Å². The molecule has 2 aromatic rings. The topological polar surface area (TPSA) is 64.0 Å². The molecule has 4 heteroatoms. The number of H-pyrrole nitrogens is 1.